The van der Waals surface area contributed by atoms with Crippen LogP contribution in [0.3, 0.4) is 0 Å². The second-order valence-electron chi connectivity index (χ2n) is 19.7. The zero-order valence-electron chi connectivity index (χ0n) is 40.2. The van der Waals surface area contributed by atoms with E-state index < -0.39 is 0 Å². The number of hydrogen-bond donors (Lipinski definition) is 0. The Balaban J connectivity index is 0.991. The fourth-order valence-corrected chi connectivity index (χ4v) is 12.6. The first kappa shape index (κ1) is 40.8. The Morgan fingerprint density at radius 3 is 1.24 bits per heavy atom. The standard InChI is InChI=1S/C70H44N4/c1-3-18-45(19-4-1)47-36-39-66-59(40-47)61-43-60-58-38-37-52(46-20-5-2-6-21-46)57-30-17-35-67(70(57)58)74(51-25-16-23-49(42-51)72-64-33-13-9-28-55(64)56-29-10-14-34-65(56)72)68(60)44-69(61)73(66)50-24-15-22-48(41-50)71-62-31-11-7-26-53(62)54-27-8-12-32-63(54)71/h1-44H. The quantitative estimate of drug-likeness (QED) is 0.162. The van der Waals surface area contributed by atoms with Gasteiger partial charge in [-0.15, -0.1) is 0 Å². The molecule has 0 amide bonds. The van der Waals surface area contributed by atoms with Gasteiger partial charge >= 0.3 is 0 Å². The topological polar surface area (TPSA) is 18.0 Å². The summed E-state index contributed by atoms with van der Waals surface area (Å²) in [5.41, 5.74) is 21.0. The zero-order valence-corrected chi connectivity index (χ0v) is 40.2. The molecule has 74 heavy (non-hydrogen) atoms. The molecule has 0 saturated carbocycles. The van der Waals surface area contributed by atoms with Gasteiger partial charge in [0.2, 0.25) is 0 Å². The van der Waals surface area contributed by atoms with E-state index in [9.17, 15) is 0 Å². The minimum atomic E-state index is 1.09. The van der Waals surface area contributed by atoms with Gasteiger partial charge in [0, 0.05) is 66.0 Å². The number of rotatable bonds is 6. The number of aromatic nitrogens is 3. The van der Waals surface area contributed by atoms with Gasteiger partial charge in [0.1, 0.15) is 0 Å². The molecule has 0 bridgehead atoms. The summed E-state index contributed by atoms with van der Waals surface area (Å²) in [6, 6.07) is 98.5. The van der Waals surface area contributed by atoms with Crippen LogP contribution in [0.5, 0.6) is 0 Å². The van der Waals surface area contributed by atoms with Crippen molar-refractivity contribution in [1.82, 2.24) is 13.7 Å². The van der Waals surface area contributed by atoms with Crippen LogP contribution in [0.25, 0.3) is 127 Å². The molecule has 15 aromatic rings. The molecule has 0 atom stereocenters. The molecule has 3 aromatic heterocycles. The second-order valence-corrected chi connectivity index (χ2v) is 19.7. The van der Waals surface area contributed by atoms with Crippen LogP contribution >= 0.6 is 0 Å². The fraction of sp³-hybridized carbons (Fsp3) is 0. The first-order valence-electron chi connectivity index (χ1n) is 25.5. The van der Waals surface area contributed by atoms with Crippen LogP contribution in [0, 0.1) is 0 Å². The van der Waals surface area contributed by atoms with Gasteiger partial charge in [-0.2, -0.15) is 0 Å². The van der Waals surface area contributed by atoms with Crippen molar-refractivity contribution in [3.63, 3.8) is 0 Å². The van der Waals surface area contributed by atoms with E-state index in [1.807, 2.05) is 0 Å². The van der Waals surface area contributed by atoms with Gasteiger partial charge in [-0.1, -0.05) is 176 Å². The largest absolute Gasteiger partial charge is 0.309 e. The highest BCUT2D eigenvalue weighted by atomic mass is 15.2. The maximum atomic E-state index is 2.53. The van der Waals surface area contributed by atoms with Crippen molar-refractivity contribution in [1.29, 1.82) is 0 Å². The molecule has 1 aliphatic heterocycles. The Bertz CT molecular complexity index is 4680. The SMILES string of the molecule is c1ccc(-c2ccc3c(c2)c2cc4c(cc2n3-c2cccc(-n3c5ccccc5c5ccccc53)c2)N(c2cccc(-n3c5ccccc5c5ccccc53)c2)c2cccc3c(-c5ccccc5)ccc-4c23)cc1. The number of para-hydroxylation sites is 4. The smallest absolute Gasteiger partial charge is 0.0562 e. The lowest BCUT2D eigenvalue weighted by Gasteiger charge is -2.34. The van der Waals surface area contributed by atoms with Crippen molar-refractivity contribution in [3.8, 4) is 50.4 Å². The Kier molecular flexibility index (Phi) is 8.71. The minimum Gasteiger partial charge on any atom is -0.309 e. The summed E-state index contributed by atoms with van der Waals surface area (Å²) in [5, 5.41) is 9.89. The van der Waals surface area contributed by atoms with E-state index in [1.165, 1.54) is 98.5 Å². The van der Waals surface area contributed by atoms with Crippen molar-refractivity contribution >= 4 is 93.3 Å². The van der Waals surface area contributed by atoms with Gasteiger partial charge in [0.05, 0.1) is 44.5 Å². The van der Waals surface area contributed by atoms with Gasteiger partial charge in [-0.3, -0.25) is 0 Å². The van der Waals surface area contributed by atoms with Gasteiger partial charge in [-0.25, -0.2) is 0 Å². The molecular weight excluding hydrogens is 897 g/mol. The third-order valence-corrected chi connectivity index (χ3v) is 15.7. The average Bonchev–Trinajstić information content (AvgIpc) is 4.14. The van der Waals surface area contributed by atoms with Crippen LogP contribution < -0.4 is 4.90 Å². The molecule has 4 nitrogen and oxygen atoms in total. The molecule has 344 valence electrons. The first-order valence-corrected chi connectivity index (χ1v) is 25.5. The Morgan fingerprint density at radius 1 is 0.203 bits per heavy atom. The van der Waals surface area contributed by atoms with Crippen LogP contribution in [-0.2, 0) is 0 Å². The maximum Gasteiger partial charge on any atom is 0.0562 e. The molecule has 0 N–H and O–H groups in total. The Hall–Kier alpha value is -9.90. The number of nitrogens with zero attached hydrogens (tertiary/aromatic N) is 4. The van der Waals surface area contributed by atoms with Crippen LogP contribution in [0.2, 0.25) is 0 Å². The van der Waals surface area contributed by atoms with Crippen molar-refractivity contribution in [2.75, 3.05) is 4.90 Å². The molecule has 1 aliphatic rings. The number of benzene rings is 12. The van der Waals surface area contributed by atoms with Crippen LogP contribution in [0.1, 0.15) is 0 Å². The number of fused-ring (bicyclic) bond motifs is 11. The summed E-state index contributed by atoms with van der Waals surface area (Å²) in [4.78, 5) is 2.53. The molecule has 0 aliphatic carbocycles. The lowest BCUT2D eigenvalue weighted by molar-refractivity contribution is 1.13. The van der Waals surface area contributed by atoms with Crippen LogP contribution in [-0.4, -0.2) is 13.7 Å². The molecule has 4 heterocycles. The van der Waals surface area contributed by atoms with E-state index in [1.54, 1.807) is 0 Å². The van der Waals surface area contributed by atoms with Crippen molar-refractivity contribution in [3.05, 3.63) is 267 Å². The van der Waals surface area contributed by atoms with E-state index >= 15 is 0 Å². The number of hydrogen-bond acceptors (Lipinski definition) is 1. The summed E-state index contributed by atoms with van der Waals surface area (Å²) in [6.07, 6.45) is 0. The van der Waals surface area contributed by atoms with E-state index in [2.05, 4.69) is 286 Å². The molecule has 0 radical (unpaired) electrons. The van der Waals surface area contributed by atoms with Gasteiger partial charge < -0.3 is 18.6 Å². The lowest BCUT2D eigenvalue weighted by atomic mass is 9.86. The maximum absolute atomic E-state index is 2.53. The normalized spacial score (nSPS) is 12.3. The van der Waals surface area contributed by atoms with Crippen molar-refractivity contribution in [2.24, 2.45) is 0 Å². The van der Waals surface area contributed by atoms with E-state index in [4.69, 9.17) is 0 Å². The predicted molar refractivity (Wildman–Crippen MR) is 312 cm³/mol. The summed E-state index contributed by atoms with van der Waals surface area (Å²) in [5.74, 6) is 0. The molecule has 0 fully saturated rings. The highest BCUT2D eigenvalue weighted by Crippen LogP contribution is 2.55. The predicted octanol–water partition coefficient (Wildman–Crippen LogP) is 18.9. The molecule has 4 heteroatoms. The van der Waals surface area contributed by atoms with Crippen LogP contribution in [0.4, 0.5) is 17.1 Å². The Labute approximate surface area is 427 Å². The van der Waals surface area contributed by atoms with E-state index in [0.717, 1.165) is 45.2 Å². The van der Waals surface area contributed by atoms with Gasteiger partial charge in [0.15, 0.2) is 0 Å². The summed E-state index contributed by atoms with van der Waals surface area (Å²) in [7, 11) is 0. The molecule has 12 aromatic carbocycles. The highest BCUT2D eigenvalue weighted by Gasteiger charge is 2.30. The first-order chi connectivity index (χ1) is 36.7. The average molecular weight is 941 g/mol. The Morgan fingerprint density at radius 2 is 0.649 bits per heavy atom. The lowest BCUT2D eigenvalue weighted by Crippen LogP contribution is -2.15. The molecular formula is C70H44N4. The van der Waals surface area contributed by atoms with Crippen LogP contribution in [0.15, 0.2) is 267 Å². The molecule has 0 spiro atoms. The number of anilines is 3. The molecule has 0 saturated heterocycles. The van der Waals surface area contributed by atoms with Crippen molar-refractivity contribution < 1.29 is 0 Å². The zero-order chi connectivity index (χ0) is 48.4. The summed E-state index contributed by atoms with van der Waals surface area (Å²) < 4.78 is 7.35. The van der Waals surface area contributed by atoms with Gasteiger partial charge in [-0.05, 0) is 124 Å². The second kappa shape index (κ2) is 15.8. The van der Waals surface area contributed by atoms with Gasteiger partial charge in [0.25, 0.3) is 0 Å². The minimum absolute atomic E-state index is 1.09. The molecule has 16 rings (SSSR count). The van der Waals surface area contributed by atoms with Crippen molar-refractivity contribution in [2.45, 2.75) is 0 Å². The third kappa shape index (κ3) is 5.91. The summed E-state index contributed by atoms with van der Waals surface area (Å²) in [6.45, 7) is 0. The highest BCUT2D eigenvalue weighted by molar-refractivity contribution is 6.21. The summed E-state index contributed by atoms with van der Waals surface area (Å²) >= 11 is 0. The fourth-order valence-electron chi connectivity index (χ4n) is 12.6. The van der Waals surface area contributed by atoms with E-state index in [0.29, 0.717) is 0 Å². The molecule has 0 unspecified atom stereocenters. The monoisotopic (exact) mass is 940 g/mol. The van der Waals surface area contributed by atoms with E-state index in [-0.39, 0.29) is 0 Å². The third-order valence-electron chi connectivity index (χ3n) is 15.7.